The molecule has 0 spiro atoms. The van der Waals surface area contributed by atoms with Crippen LogP contribution >= 0.6 is 22.7 Å². The lowest BCUT2D eigenvalue weighted by Gasteiger charge is -2.19. The number of benzene rings is 2. The molecule has 2 aromatic heterocycles. The number of hydrogen-bond donors (Lipinski definition) is 0. The van der Waals surface area contributed by atoms with E-state index in [2.05, 4.69) is 30.3 Å². The fourth-order valence-corrected chi connectivity index (χ4v) is 5.08. The average Bonchev–Trinajstić information content (AvgIpc) is 3.37. The van der Waals surface area contributed by atoms with Gasteiger partial charge in [0.05, 0.1) is 16.3 Å². The van der Waals surface area contributed by atoms with Crippen LogP contribution < -0.4 is 14.9 Å². The van der Waals surface area contributed by atoms with Crippen molar-refractivity contribution in [3.05, 3.63) is 120 Å². The van der Waals surface area contributed by atoms with Gasteiger partial charge in [-0.1, -0.05) is 78.1 Å². The molecule has 1 aliphatic rings. The summed E-state index contributed by atoms with van der Waals surface area (Å²) < 4.78 is 2.52. The Balaban J connectivity index is 1.76. The molecule has 0 bridgehead atoms. The van der Waals surface area contributed by atoms with Gasteiger partial charge in [-0.2, -0.15) is 0 Å². The summed E-state index contributed by atoms with van der Waals surface area (Å²) in [6, 6.07) is 24.1. The maximum Gasteiger partial charge on any atom is 0.271 e. The number of fused-ring (bicyclic) bond motifs is 1. The Hall–Kier alpha value is -3.02. The lowest BCUT2D eigenvalue weighted by atomic mass is 10.0. The van der Waals surface area contributed by atoms with Crippen molar-refractivity contribution < 1.29 is 0 Å². The van der Waals surface area contributed by atoms with E-state index in [0.717, 1.165) is 26.5 Å². The van der Waals surface area contributed by atoms with E-state index >= 15 is 0 Å². The first kappa shape index (κ1) is 17.1. The zero-order chi connectivity index (χ0) is 18.9. The van der Waals surface area contributed by atoms with Crippen molar-refractivity contribution in [2.75, 3.05) is 0 Å². The van der Waals surface area contributed by atoms with Gasteiger partial charge in [-0.15, -0.1) is 11.3 Å². The van der Waals surface area contributed by atoms with Gasteiger partial charge in [0, 0.05) is 4.88 Å². The maximum atomic E-state index is 13.2. The van der Waals surface area contributed by atoms with E-state index in [4.69, 9.17) is 4.99 Å². The summed E-state index contributed by atoms with van der Waals surface area (Å²) in [4.78, 5) is 19.9. The fraction of sp³-hybridized carbons (Fsp3) is 0.0435. The van der Waals surface area contributed by atoms with Crippen LogP contribution in [-0.2, 0) is 0 Å². The Morgan fingerprint density at radius 3 is 2.39 bits per heavy atom. The first-order chi connectivity index (χ1) is 13.8. The molecule has 136 valence electrons. The van der Waals surface area contributed by atoms with Crippen LogP contribution in [0.4, 0.5) is 0 Å². The van der Waals surface area contributed by atoms with Gasteiger partial charge in [0.1, 0.15) is 0 Å². The molecule has 0 saturated heterocycles. The van der Waals surface area contributed by atoms with Gasteiger partial charge in [-0.25, -0.2) is 4.99 Å². The van der Waals surface area contributed by atoms with Crippen molar-refractivity contribution in [2.45, 2.75) is 6.04 Å². The smallest absolute Gasteiger partial charge is 0.271 e. The van der Waals surface area contributed by atoms with Crippen molar-refractivity contribution in [3.63, 3.8) is 0 Å². The third-order valence-corrected chi connectivity index (χ3v) is 6.48. The second kappa shape index (κ2) is 7.19. The van der Waals surface area contributed by atoms with E-state index in [0.29, 0.717) is 4.53 Å². The maximum absolute atomic E-state index is 13.2. The van der Waals surface area contributed by atoms with Gasteiger partial charge in [0.25, 0.3) is 5.56 Å². The monoisotopic (exact) mass is 400 g/mol. The summed E-state index contributed by atoms with van der Waals surface area (Å²) in [7, 11) is 0. The third kappa shape index (κ3) is 3.09. The lowest BCUT2D eigenvalue weighted by Crippen LogP contribution is -2.36. The summed E-state index contributed by atoms with van der Waals surface area (Å²) in [5.74, 6) is 0. The predicted octanol–water partition coefficient (Wildman–Crippen LogP) is 4.06. The summed E-state index contributed by atoms with van der Waals surface area (Å²) in [6.07, 6.45) is 4.05. The number of thiazole rings is 1. The molecule has 5 rings (SSSR count). The largest absolute Gasteiger partial charge is 0.272 e. The fourth-order valence-electron chi connectivity index (χ4n) is 3.34. The molecule has 4 aromatic rings. The Morgan fingerprint density at radius 1 is 0.929 bits per heavy atom. The zero-order valence-electron chi connectivity index (χ0n) is 14.9. The molecular formula is C23H16N2OS2. The molecule has 5 heteroatoms. The van der Waals surface area contributed by atoms with Gasteiger partial charge in [-0.3, -0.25) is 9.36 Å². The molecule has 28 heavy (non-hydrogen) atoms. The molecule has 1 unspecified atom stereocenters. The number of rotatable bonds is 3. The van der Waals surface area contributed by atoms with E-state index in [-0.39, 0.29) is 11.6 Å². The summed E-state index contributed by atoms with van der Waals surface area (Å²) in [5.41, 5.74) is 3.04. The molecule has 2 aromatic carbocycles. The summed E-state index contributed by atoms with van der Waals surface area (Å²) >= 11 is 3.08. The van der Waals surface area contributed by atoms with Gasteiger partial charge in [-0.05, 0) is 34.7 Å². The van der Waals surface area contributed by atoms with Crippen molar-refractivity contribution >= 4 is 34.4 Å². The molecule has 0 radical (unpaired) electrons. The van der Waals surface area contributed by atoms with Crippen LogP contribution in [0.15, 0.2) is 94.0 Å². The van der Waals surface area contributed by atoms with Crippen molar-refractivity contribution in [1.82, 2.24) is 4.57 Å². The molecule has 1 atom stereocenters. The average molecular weight is 401 g/mol. The first-order valence-electron chi connectivity index (χ1n) is 8.97. The highest BCUT2D eigenvalue weighted by molar-refractivity contribution is 7.11. The molecule has 0 amide bonds. The van der Waals surface area contributed by atoms with Crippen LogP contribution in [0, 0.1) is 0 Å². The van der Waals surface area contributed by atoms with E-state index in [1.807, 2.05) is 64.6 Å². The van der Waals surface area contributed by atoms with E-state index < -0.39 is 0 Å². The van der Waals surface area contributed by atoms with Crippen LogP contribution in [0.2, 0.25) is 0 Å². The number of aromatic nitrogens is 1. The SMILES string of the molecule is O=c1/c(=C\c2cccs2)sc2n1C(c1ccccc1)C=C(c1ccccc1)N=2. The Bertz CT molecular complexity index is 1320. The molecule has 0 aliphatic carbocycles. The van der Waals surface area contributed by atoms with Crippen LogP contribution in [-0.4, -0.2) is 4.57 Å². The number of allylic oxidation sites excluding steroid dienone is 1. The van der Waals surface area contributed by atoms with Gasteiger partial charge < -0.3 is 0 Å². The minimum absolute atomic E-state index is 0.00867. The summed E-state index contributed by atoms with van der Waals surface area (Å²) in [5, 5.41) is 2.02. The normalized spacial score (nSPS) is 16.4. The predicted molar refractivity (Wildman–Crippen MR) is 116 cm³/mol. The Kier molecular flexibility index (Phi) is 4.39. The van der Waals surface area contributed by atoms with Crippen LogP contribution in [0.5, 0.6) is 0 Å². The second-order valence-electron chi connectivity index (χ2n) is 6.47. The van der Waals surface area contributed by atoms with Gasteiger partial charge in [0.15, 0.2) is 4.80 Å². The third-order valence-electron chi connectivity index (χ3n) is 4.67. The van der Waals surface area contributed by atoms with Crippen molar-refractivity contribution in [3.8, 4) is 0 Å². The Labute approximate surface area is 169 Å². The van der Waals surface area contributed by atoms with E-state index in [9.17, 15) is 4.79 Å². The number of thiophene rings is 1. The molecule has 3 nitrogen and oxygen atoms in total. The van der Waals surface area contributed by atoms with Crippen molar-refractivity contribution in [2.24, 2.45) is 4.99 Å². The molecule has 1 aliphatic heterocycles. The van der Waals surface area contributed by atoms with Crippen LogP contribution in [0.25, 0.3) is 11.8 Å². The Morgan fingerprint density at radius 2 is 1.68 bits per heavy atom. The molecule has 0 N–H and O–H groups in total. The first-order valence-corrected chi connectivity index (χ1v) is 10.7. The minimum atomic E-state index is -0.168. The van der Waals surface area contributed by atoms with Crippen LogP contribution in [0.1, 0.15) is 22.0 Å². The standard InChI is InChI=1S/C23H16N2OS2/c26-22-21(14-18-12-7-13-27-18)28-23-24-19(16-8-3-1-4-9-16)15-20(25(22)23)17-10-5-2-6-11-17/h1-15,20H/b21-14+. The molecule has 0 saturated carbocycles. The zero-order valence-corrected chi connectivity index (χ0v) is 16.5. The highest BCUT2D eigenvalue weighted by Crippen LogP contribution is 2.26. The number of nitrogens with zero attached hydrogens (tertiary/aromatic N) is 2. The topological polar surface area (TPSA) is 34.4 Å². The molecular weight excluding hydrogens is 384 g/mol. The highest BCUT2D eigenvalue weighted by atomic mass is 32.1. The summed E-state index contributed by atoms with van der Waals surface area (Å²) in [6.45, 7) is 0. The molecule has 3 heterocycles. The lowest BCUT2D eigenvalue weighted by molar-refractivity contribution is 0.644. The van der Waals surface area contributed by atoms with E-state index in [1.54, 1.807) is 11.3 Å². The van der Waals surface area contributed by atoms with E-state index in [1.165, 1.54) is 11.3 Å². The molecule has 0 fully saturated rings. The highest BCUT2D eigenvalue weighted by Gasteiger charge is 2.22. The van der Waals surface area contributed by atoms with Gasteiger partial charge >= 0.3 is 0 Å². The van der Waals surface area contributed by atoms with Gasteiger partial charge in [0.2, 0.25) is 0 Å². The van der Waals surface area contributed by atoms with Crippen molar-refractivity contribution in [1.29, 1.82) is 0 Å². The minimum Gasteiger partial charge on any atom is -0.272 e. The number of hydrogen-bond acceptors (Lipinski definition) is 4. The second-order valence-corrected chi connectivity index (χ2v) is 8.46. The van der Waals surface area contributed by atoms with Crippen LogP contribution in [0.3, 0.4) is 0 Å². The quantitative estimate of drug-likeness (QED) is 0.511.